The van der Waals surface area contributed by atoms with Crippen molar-refractivity contribution < 1.29 is 4.79 Å². The van der Waals surface area contributed by atoms with Gasteiger partial charge in [-0.05, 0) is 24.6 Å². The summed E-state index contributed by atoms with van der Waals surface area (Å²) in [6.07, 6.45) is 0.0997. The minimum Gasteiger partial charge on any atom is -0.356 e. The molecule has 0 saturated heterocycles. The van der Waals surface area contributed by atoms with Crippen molar-refractivity contribution in [2.24, 2.45) is 0 Å². The molecule has 22 heavy (non-hydrogen) atoms. The number of rotatable bonds is 6. The Balaban J connectivity index is 2.06. The highest BCUT2D eigenvalue weighted by Crippen LogP contribution is 2.20. The molecule has 2 N–H and O–H groups in total. The van der Waals surface area contributed by atoms with Gasteiger partial charge in [0.2, 0.25) is 5.91 Å². The van der Waals surface area contributed by atoms with Gasteiger partial charge in [0.05, 0.1) is 12.1 Å². The number of likely N-dealkylation sites (N-methyl/N-ethyl adjacent to an activating group) is 1. The smallest absolute Gasteiger partial charge is 0.251 e. The zero-order valence-corrected chi connectivity index (χ0v) is 13.6. The van der Waals surface area contributed by atoms with Crippen molar-refractivity contribution in [2.75, 3.05) is 6.54 Å². The van der Waals surface area contributed by atoms with E-state index in [0.717, 1.165) is 5.56 Å². The van der Waals surface area contributed by atoms with Gasteiger partial charge in [-0.1, -0.05) is 35.5 Å². The number of amides is 1. The predicted octanol–water partition coefficient (Wildman–Crippen LogP) is 2.39. The van der Waals surface area contributed by atoms with Crippen LogP contribution in [-0.4, -0.2) is 22.4 Å². The van der Waals surface area contributed by atoms with Gasteiger partial charge >= 0.3 is 0 Å². The van der Waals surface area contributed by atoms with Crippen LogP contribution in [0.2, 0.25) is 5.02 Å². The lowest BCUT2D eigenvalue weighted by atomic mass is 10.2. The first-order chi connectivity index (χ1) is 10.6. The highest BCUT2D eigenvalue weighted by atomic mass is 35.5. The minimum atomic E-state index is -0.261. The zero-order valence-electron chi connectivity index (χ0n) is 12.1. The fourth-order valence-corrected chi connectivity index (χ4v) is 2.90. The molecule has 0 aliphatic rings. The Morgan fingerprint density at radius 3 is 2.95 bits per heavy atom. The van der Waals surface area contributed by atoms with Gasteiger partial charge in [-0.3, -0.25) is 9.59 Å². The SMILES string of the molecule is CCNC(=O)Cc1cc(=O)[nH]c(SCc2cccc(Cl)c2)n1. The fourth-order valence-electron chi connectivity index (χ4n) is 1.84. The maximum absolute atomic E-state index is 11.7. The molecule has 0 spiro atoms. The van der Waals surface area contributed by atoms with Crippen LogP contribution in [0.1, 0.15) is 18.2 Å². The molecule has 0 atom stereocenters. The molecule has 1 aromatic carbocycles. The molecule has 0 saturated carbocycles. The number of carbonyl (C=O) groups excluding carboxylic acids is 1. The van der Waals surface area contributed by atoms with Gasteiger partial charge in [0.1, 0.15) is 0 Å². The van der Waals surface area contributed by atoms with Crippen LogP contribution in [0.3, 0.4) is 0 Å². The van der Waals surface area contributed by atoms with Crippen LogP contribution in [0.4, 0.5) is 0 Å². The fraction of sp³-hybridized carbons (Fsp3) is 0.267. The minimum absolute atomic E-state index is 0.0997. The summed E-state index contributed by atoms with van der Waals surface area (Å²) in [5, 5.41) is 3.85. The Morgan fingerprint density at radius 2 is 2.23 bits per heavy atom. The standard InChI is InChI=1S/C15H16ClN3O2S/c1-2-17-13(20)7-12-8-14(21)19-15(18-12)22-9-10-4-3-5-11(16)6-10/h3-6,8H,2,7,9H2,1H3,(H,17,20)(H,18,19,21). The summed E-state index contributed by atoms with van der Waals surface area (Å²) in [4.78, 5) is 30.2. The van der Waals surface area contributed by atoms with Gasteiger partial charge in [-0.15, -0.1) is 0 Å². The Morgan fingerprint density at radius 1 is 1.41 bits per heavy atom. The number of nitrogens with zero attached hydrogens (tertiary/aromatic N) is 1. The van der Waals surface area contributed by atoms with E-state index in [9.17, 15) is 9.59 Å². The van der Waals surface area contributed by atoms with Gasteiger partial charge in [0.25, 0.3) is 5.56 Å². The molecule has 0 radical (unpaired) electrons. The number of halogens is 1. The van der Waals surface area contributed by atoms with E-state index >= 15 is 0 Å². The Hall–Kier alpha value is -1.79. The Kier molecular flexibility index (Phi) is 6.03. The van der Waals surface area contributed by atoms with Gasteiger partial charge < -0.3 is 10.3 Å². The van der Waals surface area contributed by atoms with Crippen molar-refractivity contribution in [1.82, 2.24) is 15.3 Å². The number of nitrogens with one attached hydrogen (secondary N) is 2. The molecule has 7 heteroatoms. The molecule has 1 aromatic heterocycles. The van der Waals surface area contributed by atoms with Gasteiger partial charge in [-0.25, -0.2) is 4.98 Å². The van der Waals surface area contributed by atoms with Crippen LogP contribution in [0.15, 0.2) is 40.3 Å². The van der Waals surface area contributed by atoms with Crippen molar-refractivity contribution in [3.05, 3.63) is 57.0 Å². The topological polar surface area (TPSA) is 74.8 Å². The molecule has 116 valence electrons. The lowest BCUT2D eigenvalue weighted by molar-refractivity contribution is -0.120. The van der Waals surface area contributed by atoms with E-state index in [4.69, 9.17) is 11.6 Å². The summed E-state index contributed by atoms with van der Waals surface area (Å²) in [7, 11) is 0. The van der Waals surface area contributed by atoms with E-state index in [1.807, 2.05) is 31.2 Å². The summed E-state index contributed by atoms with van der Waals surface area (Å²) in [5.41, 5.74) is 1.24. The summed E-state index contributed by atoms with van der Waals surface area (Å²) in [6, 6.07) is 8.85. The highest BCUT2D eigenvalue weighted by molar-refractivity contribution is 7.98. The lowest BCUT2D eigenvalue weighted by Crippen LogP contribution is -2.25. The van der Waals surface area contributed by atoms with E-state index in [1.165, 1.54) is 17.8 Å². The van der Waals surface area contributed by atoms with Crippen molar-refractivity contribution in [3.8, 4) is 0 Å². The molecule has 0 aliphatic carbocycles. The van der Waals surface area contributed by atoms with Crippen LogP contribution in [0, 0.1) is 0 Å². The highest BCUT2D eigenvalue weighted by Gasteiger charge is 2.07. The van der Waals surface area contributed by atoms with E-state index in [0.29, 0.717) is 28.2 Å². The molecule has 0 unspecified atom stereocenters. The third-order valence-electron chi connectivity index (χ3n) is 2.75. The number of benzene rings is 1. The van der Waals surface area contributed by atoms with Crippen LogP contribution in [-0.2, 0) is 17.0 Å². The third kappa shape index (κ3) is 5.20. The third-order valence-corrected chi connectivity index (χ3v) is 3.93. The van der Waals surface area contributed by atoms with E-state index < -0.39 is 0 Å². The number of H-pyrrole nitrogens is 1. The van der Waals surface area contributed by atoms with Gasteiger partial charge in [-0.2, -0.15) is 0 Å². The van der Waals surface area contributed by atoms with Crippen LogP contribution in [0.5, 0.6) is 0 Å². The molecular weight excluding hydrogens is 322 g/mol. The van der Waals surface area contributed by atoms with E-state index in [2.05, 4.69) is 15.3 Å². The molecule has 0 aliphatic heterocycles. The molecule has 1 heterocycles. The molecule has 5 nitrogen and oxygen atoms in total. The number of hydrogen-bond acceptors (Lipinski definition) is 4. The van der Waals surface area contributed by atoms with Crippen molar-refractivity contribution in [3.63, 3.8) is 0 Å². The lowest BCUT2D eigenvalue weighted by Gasteiger charge is -2.05. The van der Waals surface area contributed by atoms with Crippen LogP contribution in [0.25, 0.3) is 0 Å². The monoisotopic (exact) mass is 337 g/mol. The number of aromatic amines is 1. The van der Waals surface area contributed by atoms with Crippen molar-refractivity contribution in [2.45, 2.75) is 24.3 Å². The molecule has 2 aromatic rings. The average molecular weight is 338 g/mol. The first kappa shape index (κ1) is 16.6. The largest absolute Gasteiger partial charge is 0.356 e. The number of hydrogen-bond donors (Lipinski definition) is 2. The number of thioether (sulfide) groups is 1. The Labute approximate surface area is 137 Å². The Bertz CT molecular complexity index is 718. The van der Waals surface area contributed by atoms with Gasteiger partial charge in [0, 0.05) is 23.4 Å². The summed E-state index contributed by atoms with van der Waals surface area (Å²) in [5.74, 6) is 0.486. The maximum atomic E-state index is 11.7. The molecule has 0 bridgehead atoms. The molecule has 1 amide bonds. The van der Waals surface area contributed by atoms with Gasteiger partial charge in [0.15, 0.2) is 5.16 Å². The molecular formula is C15H16ClN3O2S. The second kappa shape index (κ2) is 8.00. The second-order valence-corrected chi connectivity index (χ2v) is 5.99. The predicted molar refractivity (Wildman–Crippen MR) is 88.3 cm³/mol. The first-order valence-electron chi connectivity index (χ1n) is 6.81. The summed E-state index contributed by atoms with van der Waals surface area (Å²) >= 11 is 7.33. The number of carbonyl (C=O) groups is 1. The summed E-state index contributed by atoms with van der Waals surface area (Å²) < 4.78 is 0. The normalized spacial score (nSPS) is 10.5. The molecule has 2 rings (SSSR count). The zero-order chi connectivity index (χ0) is 15.9. The van der Waals surface area contributed by atoms with Crippen molar-refractivity contribution in [1.29, 1.82) is 0 Å². The molecule has 0 fully saturated rings. The first-order valence-corrected chi connectivity index (χ1v) is 8.17. The van der Waals surface area contributed by atoms with Crippen LogP contribution < -0.4 is 10.9 Å². The summed E-state index contributed by atoms with van der Waals surface area (Å²) in [6.45, 7) is 2.40. The number of aromatic nitrogens is 2. The second-order valence-electron chi connectivity index (χ2n) is 4.59. The quantitative estimate of drug-likeness (QED) is 0.627. The van der Waals surface area contributed by atoms with E-state index in [1.54, 1.807) is 0 Å². The average Bonchev–Trinajstić information content (AvgIpc) is 2.45. The van der Waals surface area contributed by atoms with Crippen molar-refractivity contribution >= 4 is 29.3 Å². The van der Waals surface area contributed by atoms with E-state index in [-0.39, 0.29) is 17.9 Å². The van der Waals surface area contributed by atoms with Crippen LogP contribution >= 0.6 is 23.4 Å². The maximum Gasteiger partial charge on any atom is 0.251 e.